The molecule has 0 aromatic carbocycles. The SMILES string of the molecule is NCC1(Nc2cc(C(F)(F)F)ccn2)CCOCC1. The molecule has 0 spiro atoms. The van der Waals surface area contributed by atoms with E-state index in [1.807, 2.05) is 0 Å². The van der Waals surface area contributed by atoms with Gasteiger partial charge in [0, 0.05) is 26.0 Å². The lowest BCUT2D eigenvalue weighted by Gasteiger charge is -2.37. The minimum Gasteiger partial charge on any atom is -0.381 e. The first-order valence-electron chi connectivity index (χ1n) is 6.04. The van der Waals surface area contributed by atoms with Crippen LogP contribution in [0.4, 0.5) is 19.0 Å². The molecule has 1 fully saturated rings. The number of hydrogen-bond donors (Lipinski definition) is 2. The van der Waals surface area contributed by atoms with Crippen LogP contribution in [-0.4, -0.2) is 30.3 Å². The summed E-state index contributed by atoms with van der Waals surface area (Å²) in [7, 11) is 0. The van der Waals surface area contributed by atoms with E-state index in [1.54, 1.807) is 0 Å². The topological polar surface area (TPSA) is 60.2 Å². The summed E-state index contributed by atoms with van der Waals surface area (Å²) in [6.45, 7) is 1.42. The molecule has 7 heteroatoms. The van der Waals surface area contributed by atoms with Gasteiger partial charge in [0.05, 0.1) is 11.1 Å². The van der Waals surface area contributed by atoms with Crippen LogP contribution in [-0.2, 0) is 10.9 Å². The van der Waals surface area contributed by atoms with E-state index in [-0.39, 0.29) is 5.82 Å². The van der Waals surface area contributed by atoms with Crippen molar-refractivity contribution in [1.29, 1.82) is 0 Å². The molecule has 0 aliphatic carbocycles. The number of nitrogens with one attached hydrogen (secondary N) is 1. The summed E-state index contributed by atoms with van der Waals surface area (Å²) in [5, 5.41) is 3.04. The molecule has 106 valence electrons. The third-order valence-corrected chi connectivity index (χ3v) is 3.32. The standard InChI is InChI=1S/C12H16F3N3O/c13-12(14,15)9-1-4-17-10(7-9)18-11(8-16)2-5-19-6-3-11/h1,4,7H,2-3,5-6,8,16H2,(H,17,18). The molecule has 3 N–H and O–H groups in total. The zero-order valence-electron chi connectivity index (χ0n) is 10.3. The van der Waals surface area contributed by atoms with Gasteiger partial charge in [-0.05, 0) is 25.0 Å². The van der Waals surface area contributed by atoms with Crippen LogP contribution >= 0.6 is 0 Å². The van der Waals surface area contributed by atoms with Gasteiger partial charge in [0.15, 0.2) is 0 Å². The summed E-state index contributed by atoms with van der Waals surface area (Å²) in [5.41, 5.74) is 4.59. The Morgan fingerprint density at radius 3 is 2.63 bits per heavy atom. The molecular weight excluding hydrogens is 259 g/mol. The molecule has 0 atom stereocenters. The van der Waals surface area contributed by atoms with Crippen LogP contribution in [0.15, 0.2) is 18.3 Å². The Balaban J connectivity index is 2.18. The molecule has 0 amide bonds. The van der Waals surface area contributed by atoms with Crippen LogP contribution in [0.1, 0.15) is 18.4 Å². The molecule has 1 aromatic rings. The highest BCUT2D eigenvalue weighted by atomic mass is 19.4. The molecule has 1 saturated heterocycles. The number of nitrogens with zero attached hydrogens (tertiary/aromatic N) is 1. The van der Waals surface area contributed by atoms with Crippen molar-refractivity contribution in [3.63, 3.8) is 0 Å². The molecular formula is C12H16F3N3O. The number of nitrogens with two attached hydrogens (primary N) is 1. The second-order valence-corrected chi connectivity index (χ2v) is 4.65. The Labute approximate surface area is 109 Å². The number of anilines is 1. The average molecular weight is 275 g/mol. The van der Waals surface area contributed by atoms with Crippen molar-refractivity contribution in [3.8, 4) is 0 Å². The van der Waals surface area contributed by atoms with Crippen molar-refractivity contribution in [2.75, 3.05) is 25.1 Å². The van der Waals surface area contributed by atoms with E-state index in [2.05, 4.69) is 10.3 Å². The number of hydrogen-bond acceptors (Lipinski definition) is 4. The Bertz CT molecular complexity index is 430. The molecule has 0 saturated carbocycles. The molecule has 0 unspecified atom stereocenters. The fraction of sp³-hybridized carbons (Fsp3) is 0.583. The highest BCUT2D eigenvalue weighted by Crippen LogP contribution is 2.31. The summed E-state index contributed by atoms with van der Waals surface area (Å²) in [6, 6.07) is 1.96. The van der Waals surface area contributed by atoms with Crippen molar-refractivity contribution in [1.82, 2.24) is 4.98 Å². The normalized spacial score (nSPS) is 19.2. The van der Waals surface area contributed by atoms with E-state index in [0.717, 1.165) is 18.3 Å². The maximum Gasteiger partial charge on any atom is 0.416 e. The monoisotopic (exact) mass is 275 g/mol. The van der Waals surface area contributed by atoms with Crippen LogP contribution in [0.25, 0.3) is 0 Å². The van der Waals surface area contributed by atoms with Gasteiger partial charge in [0.1, 0.15) is 5.82 Å². The number of pyridine rings is 1. The van der Waals surface area contributed by atoms with Gasteiger partial charge >= 0.3 is 6.18 Å². The van der Waals surface area contributed by atoms with Crippen LogP contribution in [0.3, 0.4) is 0 Å². The van der Waals surface area contributed by atoms with Gasteiger partial charge in [-0.1, -0.05) is 0 Å². The summed E-state index contributed by atoms with van der Waals surface area (Å²) in [6.07, 6.45) is -1.91. The van der Waals surface area contributed by atoms with E-state index >= 15 is 0 Å². The predicted molar refractivity (Wildman–Crippen MR) is 64.7 cm³/mol. The second kappa shape index (κ2) is 5.34. The first-order valence-corrected chi connectivity index (χ1v) is 6.04. The Morgan fingerprint density at radius 2 is 2.05 bits per heavy atom. The summed E-state index contributed by atoms with van der Waals surface area (Å²) < 4.78 is 43.1. The molecule has 2 rings (SSSR count). The molecule has 0 bridgehead atoms. The van der Waals surface area contributed by atoms with Crippen molar-refractivity contribution in [2.24, 2.45) is 5.73 Å². The molecule has 0 radical (unpaired) electrons. The maximum absolute atomic E-state index is 12.6. The van der Waals surface area contributed by atoms with E-state index in [4.69, 9.17) is 10.5 Å². The lowest BCUT2D eigenvalue weighted by Crippen LogP contribution is -2.49. The molecule has 19 heavy (non-hydrogen) atoms. The number of aromatic nitrogens is 1. The molecule has 2 heterocycles. The average Bonchev–Trinajstić information content (AvgIpc) is 2.39. The molecule has 1 aliphatic rings. The van der Waals surface area contributed by atoms with Gasteiger partial charge in [-0.3, -0.25) is 0 Å². The van der Waals surface area contributed by atoms with Crippen molar-refractivity contribution in [2.45, 2.75) is 24.6 Å². The number of alkyl halides is 3. The van der Waals surface area contributed by atoms with Gasteiger partial charge in [0.25, 0.3) is 0 Å². The Hall–Kier alpha value is -1.34. The fourth-order valence-electron chi connectivity index (χ4n) is 2.09. The van der Waals surface area contributed by atoms with Crippen LogP contribution in [0, 0.1) is 0 Å². The highest BCUT2D eigenvalue weighted by molar-refractivity contribution is 5.41. The Morgan fingerprint density at radius 1 is 1.37 bits per heavy atom. The third kappa shape index (κ3) is 3.36. The lowest BCUT2D eigenvalue weighted by molar-refractivity contribution is -0.137. The van der Waals surface area contributed by atoms with Crippen molar-refractivity contribution in [3.05, 3.63) is 23.9 Å². The third-order valence-electron chi connectivity index (χ3n) is 3.32. The highest BCUT2D eigenvalue weighted by Gasteiger charge is 2.34. The predicted octanol–water partition coefficient (Wildman–Crippen LogP) is 2.02. The van der Waals surface area contributed by atoms with E-state index in [9.17, 15) is 13.2 Å². The maximum atomic E-state index is 12.6. The quantitative estimate of drug-likeness (QED) is 0.886. The molecule has 1 aliphatic heterocycles. The largest absolute Gasteiger partial charge is 0.416 e. The Kier molecular flexibility index (Phi) is 3.96. The number of rotatable bonds is 3. The van der Waals surface area contributed by atoms with E-state index in [0.29, 0.717) is 32.6 Å². The number of ether oxygens (including phenoxy) is 1. The van der Waals surface area contributed by atoms with Crippen LogP contribution in [0.5, 0.6) is 0 Å². The minimum absolute atomic E-state index is 0.196. The van der Waals surface area contributed by atoms with Gasteiger partial charge in [-0.15, -0.1) is 0 Å². The van der Waals surface area contributed by atoms with E-state index in [1.165, 1.54) is 0 Å². The van der Waals surface area contributed by atoms with Crippen molar-refractivity contribution >= 4 is 5.82 Å². The summed E-state index contributed by atoms with van der Waals surface area (Å²) in [4.78, 5) is 3.93. The van der Waals surface area contributed by atoms with Gasteiger partial charge in [-0.25, -0.2) is 4.98 Å². The lowest BCUT2D eigenvalue weighted by atomic mass is 9.90. The smallest absolute Gasteiger partial charge is 0.381 e. The number of halogens is 3. The summed E-state index contributed by atoms with van der Waals surface area (Å²) >= 11 is 0. The van der Waals surface area contributed by atoms with Crippen LogP contribution < -0.4 is 11.1 Å². The summed E-state index contributed by atoms with van der Waals surface area (Å²) in [5.74, 6) is 0.196. The zero-order valence-corrected chi connectivity index (χ0v) is 10.3. The van der Waals surface area contributed by atoms with Gasteiger partial charge in [-0.2, -0.15) is 13.2 Å². The second-order valence-electron chi connectivity index (χ2n) is 4.65. The first-order chi connectivity index (χ1) is 8.95. The molecule has 1 aromatic heterocycles. The minimum atomic E-state index is -4.37. The van der Waals surface area contributed by atoms with E-state index < -0.39 is 17.3 Å². The molecule has 4 nitrogen and oxygen atoms in total. The zero-order chi connectivity index (χ0) is 13.9. The van der Waals surface area contributed by atoms with Gasteiger partial charge < -0.3 is 15.8 Å². The van der Waals surface area contributed by atoms with Crippen LogP contribution in [0.2, 0.25) is 0 Å². The van der Waals surface area contributed by atoms with Gasteiger partial charge in [0.2, 0.25) is 0 Å². The fourth-order valence-corrected chi connectivity index (χ4v) is 2.09. The van der Waals surface area contributed by atoms with Crippen molar-refractivity contribution < 1.29 is 17.9 Å². The first kappa shape index (κ1) is 14.1.